The molecule has 0 radical (unpaired) electrons. The molecule has 76 valence electrons. The molecule has 1 aliphatic heterocycles. The average molecular weight is 197 g/mol. The van der Waals surface area contributed by atoms with Gasteiger partial charge in [-0.3, -0.25) is 9.59 Å². The fourth-order valence-corrected chi connectivity index (χ4v) is 1.20. The highest BCUT2D eigenvalue weighted by molar-refractivity contribution is 6.35. The lowest BCUT2D eigenvalue weighted by Gasteiger charge is -2.30. The van der Waals surface area contributed by atoms with E-state index in [1.54, 1.807) is 7.05 Å². The molecule has 1 heterocycles. The second kappa shape index (κ2) is 4.48. The van der Waals surface area contributed by atoms with Crippen molar-refractivity contribution in [2.75, 3.05) is 33.2 Å². The summed E-state index contributed by atoms with van der Waals surface area (Å²) in [6.45, 7) is 1.55. The molecular formula is C7H11N5O2. The number of hydrogen-bond donors (Lipinski definition) is 0. The van der Waals surface area contributed by atoms with Crippen molar-refractivity contribution in [2.24, 2.45) is 5.11 Å². The van der Waals surface area contributed by atoms with E-state index in [-0.39, 0.29) is 6.54 Å². The van der Waals surface area contributed by atoms with Crippen LogP contribution in [0.4, 0.5) is 0 Å². The highest BCUT2D eigenvalue weighted by Crippen LogP contribution is 2.02. The van der Waals surface area contributed by atoms with Gasteiger partial charge in [0.05, 0.1) is 0 Å². The standard InChI is InChI=1S/C7H11N5O2/c1-11-4-5-12(3-2-9-10-8)7(14)6(11)13/h2-5H2,1H3. The number of hydrogen-bond acceptors (Lipinski definition) is 3. The largest absolute Gasteiger partial charge is 0.336 e. The smallest absolute Gasteiger partial charge is 0.312 e. The Morgan fingerprint density at radius 3 is 2.79 bits per heavy atom. The zero-order valence-corrected chi connectivity index (χ0v) is 7.88. The first kappa shape index (κ1) is 10.3. The number of carbonyl (C=O) groups excluding carboxylic acids is 2. The number of carbonyl (C=O) groups is 2. The summed E-state index contributed by atoms with van der Waals surface area (Å²) >= 11 is 0. The van der Waals surface area contributed by atoms with Gasteiger partial charge in [0.2, 0.25) is 0 Å². The zero-order chi connectivity index (χ0) is 10.6. The predicted molar refractivity (Wildman–Crippen MR) is 48.2 cm³/mol. The van der Waals surface area contributed by atoms with Gasteiger partial charge in [0.25, 0.3) is 0 Å². The number of likely N-dealkylation sites (N-methyl/N-ethyl adjacent to an activating group) is 1. The van der Waals surface area contributed by atoms with Gasteiger partial charge in [0.15, 0.2) is 0 Å². The summed E-state index contributed by atoms with van der Waals surface area (Å²) in [6, 6.07) is 0. The number of piperazine rings is 1. The molecule has 1 aliphatic rings. The van der Waals surface area contributed by atoms with Crippen LogP contribution in [0.15, 0.2) is 5.11 Å². The molecule has 0 atom stereocenters. The number of rotatable bonds is 3. The van der Waals surface area contributed by atoms with Gasteiger partial charge in [-0.1, -0.05) is 5.11 Å². The minimum absolute atomic E-state index is 0.208. The van der Waals surface area contributed by atoms with Crippen molar-refractivity contribution in [3.8, 4) is 0 Å². The van der Waals surface area contributed by atoms with E-state index in [9.17, 15) is 9.59 Å². The molecule has 7 heteroatoms. The molecule has 7 nitrogen and oxygen atoms in total. The molecular weight excluding hydrogens is 186 g/mol. The Balaban J connectivity index is 2.51. The maximum atomic E-state index is 11.3. The van der Waals surface area contributed by atoms with E-state index < -0.39 is 11.8 Å². The number of amides is 2. The van der Waals surface area contributed by atoms with Crippen LogP contribution in [-0.2, 0) is 9.59 Å². The lowest BCUT2D eigenvalue weighted by atomic mass is 10.3. The molecule has 0 aromatic heterocycles. The van der Waals surface area contributed by atoms with Crippen LogP contribution < -0.4 is 0 Å². The summed E-state index contributed by atoms with van der Waals surface area (Å²) in [5, 5.41) is 3.31. The molecule has 1 rings (SSSR count). The quantitative estimate of drug-likeness (QED) is 0.266. The molecule has 0 bridgehead atoms. The van der Waals surface area contributed by atoms with Crippen LogP contribution in [0.1, 0.15) is 0 Å². The summed E-state index contributed by atoms with van der Waals surface area (Å²) in [7, 11) is 1.59. The summed E-state index contributed by atoms with van der Waals surface area (Å²) in [6.07, 6.45) is 0. The van der Waals surface area contributed by atoms with Crippen molar-refractivity contribution in [3.63, 3.8) is 0 Å². The Morgan fingerprint density at radius 1 is 1.43 bits per heavy atom. The molecule has 14 heavy (non-hydrogen) atoms. The highest BCUT2D eigenvalue weighted by Gasteiger charge is 2.29. The number of nitrogens with zero attached hydrogens (tertiary/aromatic N) is 5. The van der Waals surface area contributed by atoms with Crippen LogP contribution in [0.25, 0.3) is 10.4 Å². The van der Waals surface area contributed by atoms with E-state index >= 15 is 0 Å². The first-order valence-corrected chi connectivity index (χ1v) is 4.22. The Hall–Kier alpha value is -1.75. The van der Waals surface area contributed by atoms with Gasteiger partial charge >= 0.3 is 11.8 Å². The van der Waals surface area contributed by atoms with Crippen molar-refractivity contribution in [1.82, 2.24) is 9.80 Å². The van der Waals surface area contributed by atoms with Gasteiger partial charge < -0.3 is 9.80 Å². The minimum atomic E-state index is -0.521. The fraction of sp³-hybridized carbons (Fsp3) is 0.714. The SMILES string of the molecule is CN1CCN(CCN=[N+]=[N-])C(=O)C1=O. The van der Waals surface area contributed by atoms with Gasteiger partial charge in [0, 0.05) is 38.1 Å². The highest BCUT2D eigenvalue weighted by atomic mass is 16.2. The summed E-state index contributed by atoms with van der Waals surface area (Å²) in [5.41, 5.74) is 8.04. The van der Waals surface area contributed by atoms with E-state index in [4.69, 9.17) is 5.53 Å². The van der Waals surface area contributed by atoms with Gasteiger partial charge in [-0.2, -0.15) is 0 Å². The molecule has 0 unspecified atom stereocenters. The Labute approximate surface area is 80.9 Å². The van der Waals surface area contributed by atoms with Crippen LogP contribution in [0.5, 0.6) is 0 Å². The van der Waals surface area contributed by atoms with E-state index in [2.05, 4.69) is 10.0 Å². The molecule has 1 saturated heterocycles. The van der Waals surface area contributed by atoms with Crippen molar-refractivity contribution < 1.29 is 9.59 Å². The second-order valence-corrected chi connectivity index (χ2v) is 2.97. The lowest BCUT2D eigenvalue weighted by Crippen LogP contribution is -2.53. The zero-order valence-electron chi connectivity index (χ0n) is 7.88. The number of azide groups is 1. The van der Waals surface area contributed by atoms with Crippen molar-refractivity contribution in [1.29, 1.82) is 0 Å². The van der Waals surface area contributed by atoms with Crippen LogP contribution >= 0.6 is 0 Å². The molecule has 0 aliphatic carbocycles. The van der Waals surface area contributed by atoms with Crippen LogP contribution in [0.3, 0.4) is 0 Å². The van der Waals surface area contributed by atoms with Crippen LogP contribution in [0.2, 0.25) is 0 Å². The van der Waals surface area contributed by atoms with Crippen LogP contribution in [0, 0.1) is 0 Å². The first-order valence-electron chi connectivity index (χ1n) is 4.22. The van der Waals surface area contributed by atoms with Gasteiger partial charge in [-0.25, -0.2) is 0 Å². The maximum absolute atomic E-state index is 11.3. The van der Waals surface area contributed by atoms with Crippen molar-refractivity contribution >= 4 is 11.8 Å². The molecule has 2 amide bonds. The van der Waals surface area contributed by atoms with Gasteiger partial charge in [0.1, 0.15) is 0 Å². The summed E-state index contributed by atoms with van der Waals surface area (Å²) < 4.78 is 0. The third-order valence-electron chi connectivity index (χ3n) is 2.06. The first-order chi connectivity index (χ1) is 6.66. The maximum Gasteiger partial charge on any atom is 0.312 e. The molecule has 0 aromatic carbocycles. The second-order valence-electron chi connectivity index (χ2n) is 2.97. The van der Waals surface area contributed by atoms with Crippen molar-refractivity contribution in [2.45, 2.75) is 0 Å². The van der Waals surface area contributed by atoms with Crippen LogP contribution in [-0.4, -0.2) is 54.8 Å². The molecule has 0 N–H and O–H groups in total. The Kier molecular flexibility index (Phi) is 3.30. The minimum Gasteiger partial charge on any atom is -0.336 e. The van der Waals surface area contributed by atoms with E-state index in [0.717, 1.165) is 0 Å². The molecule has 0 saturated carbocycles. The average Bonchev–Trinajstić information content (AvgIpc) is 2.18. The third-order valence-corrected chi connectivity index (χ3v) is 2.06. The molecule has 0 aromatic rings. The molecule has 1 fully saturated rings. The monoisotopic (exact) mass is 197 g/mol. The summed E-state index contributed by atoms with van der Waals surface area (Å²) in [4.78, 5) is 27.9. The lowest BCUT2D eigenvalue weighted by molar-refractivity contribution is -0.154. The molecule has 0 spiro atoms. The van der Waals surface area contributed by atoms with E-state index in [1.807, 2.05) is 0 Å². The van der Waals surface area contributed by atoms with E-state index in [0.29, 0.717) is 19.6 Å². The topological polar surface area (TPSA) is 89.4 Å². The van der Waals surface area contributed by atoms with Gasteiger partial charge in [-0.15, -0.1) is 0 Å². The summed E-state index contributed by atoms with van der Waals surface area (Å²) in [5.74, 6) is -1.02. The fourth-order valence-electron chi connectivity index (χ4n) is 1.20. The van der Waals surface area contributed by atoms with Crippen molar-refractivity contribution in [3.05, 3.63) is 10.4 Å². The normalized spacial score (nSPS) is 16.9. The Morgan fingerprint density at radius 2 is 2.14 bits per heavy atom. The third kappa shape index (κ3) is 2.14. The Bertz CT molecular complexity index is 296. The van der Waals surface area contributed by atoms with Gasteiger partial charge in [-0.05, 0) is 5.53 Å². The van der Waals surface area contributed by atoms with E-state index in [1.165, 1.54) is 9.80 Å². The predicted octanol–water partition coefficient (Wildman–Crippen LogP) is -0.403.